The topological polar surface area (TPSA) is 105 Å². The molecule has 2 fully saturated rings. The summed E-state index contributed by atoms with van der Waals surface area (Å²) in [6.07, 6.45) is 3.69. The molecule has 0 heterocycles. The maximum atomic E-state index is 12.4. The van der Waals surface area contributed by atoms with Crippen molar-refractivity contribution < 1.29 is 38.1 Å². The lowest BCUT2D eigenvalue weighted by Gasteiger charge is -2.62. The average molecular weight is 366 g/mol. The van der Waals surface area contributed by atoms with Gasteiger partial charge in [0.05, 0.1) is 52.1 Å². The summed E-state index contributed by atoms with van der Waals surface area (Å²) in [5.41, 5.74) is 0. The second-order valence-electron chi connectivity index (χ2n) is 6.89. The van der Waals surface area contributed by atoms with Crippen molar-refractivity contribution >= 4 is 23.9 Å². The summed E-state index contributed by atoms with van der Waals surface area (Å²) in [5, 5.41) is 0. The Kier molecular flexibility index (Phi) is 4.77. The van der Waals surface area contributed by atoms with Gasteiger partial charge in [-0.05, 0) is 23.7 Å². The third-order valence-electron chi connectivity index (χ3n) is 6.21. The van der Waals surface area contributed by atoms with E-state index in [1.807, 2.05) is 12.2 Å². The van der Waals surface area contributed by atoms with E-state index in [0.717, 1.165) is 0 Å². The van der Waals surface area contributed by atoms with Crippen LogP contribution >= 0.6 is 0 Å². The number of ether oxygens (including phenoxy) is 4. The molecule has 8 heteroatoms. The Balaban J connectivity index is 2.05. The third kappa shape index (κ3) is 2.34. The molecular formula is C18H22O8. The third-order valence-corrected chi connectivity index (χ3v) is 6.21. The van der Waals surface area contributed by atoms with E-state index in [0.29, 0.717) is 0 Å². The van der Waals surface area contributed by atoms with Crippen molar-refractivity contribution in [2.75, 3.05) is 28.4 Å². The summed E-state index contributed by atoms with van der Waals surface area (Å²) in [6.45, 7) is 0. The second-order valence-corrected chi connectivity index (χ2v) is 6.89. The fourth-order valence-electron chi connectivity index (χ4n) is 5.27. The van der Waals surface area contributed by atoms with Crippen LogP contribution in [0.1, 0.15) is 0 Å². The monoisotopic (exact) mass is 366 g/mol. The Hall–Kier alpha value is -2.38. The first-order valence-electron chi connectivity index (χ1n) is 8.42. The van der Waals surface area contributed by atoms with Crippen LogP contribution in [0.25, 0.3) is 0 Å². The summed E-state index contributed by atoms with van der Waals surface area (Å²) < 4.78 is 19.6. The Morgan fingerprint density at radius 1 is 0.538 bits per heavy atom. The van der Waals surface area contributed by atoms with E-state index < -0.39 is 59.4 Å². The molecule has 0 radical (unpaired) electrons. The largest absolute Gasteiger partial charge is 0.469 e. The maximum Gasteiger partial charge on any atom is 0.310 e. The van der Waals surface area contributed by atoms with Gasteiger partial charge in [-0.25, -0.2) is 0 Å². The van der Waals surface area contributed by atoms with Crippen LogP contribution in [0, 0.1) is 47.3 Å². The minimum atomic E-state index is -0.755. The molecule has 142 valence electrons. The fourth-order valence-corrected chi connectivity index (χ4v) is 5.27. The van der Waals surface area contributed by atoms with E-state index in [4.69, 9.17) is 18.9 Å². The molecule has 0 aliphatic heterocycles. The molecule has 2 bridgehead atoms. The predicted molar refractivity (Wildman–Crippen MR) is 85.1 cm³/mol. The van der Waals surface area contributed by atoms with Gasteiger partial charge in [-0.3, -0.25) is 19.2 Å². The molecule has 26 heavy (non-hydrogen) atoms. The zero-order chi connectivity index (χ0) is 19.2. The van der Waals surface area contributed by atoms with E-state index in [1.165, 1.54) is 28.4 Å². The first-order chi connectivity index (χ1) is 12.4. The van der Waals surface area contributed by atoms with Crippen molar-refractivity contribution in [1.29, 1.82) is 0 Å². The van der Waals surface area contributed by atoms with Crippen LogP contribution in [0.2, 0.25) is 0 Å². The second kappa shape index (κ2) is 6.74. The van der Waals surface area contributed by atoms with Gasteiger partial charge in [-0.15, -0.1) is 0 Å². The van der Waals surface area contributed by atoms with Gasteiger partial charge in [0.2, 0.25) is 0 Å². The van der Waals surface area contributed by atoms with Gasteiger partial charge in [0.1, 0.15) is 0 Å². The van der Waals surface area contributed by atoms with Crippen LogP contribution in [0.15, 0.2) is 12.2 Å². The minimum Gasteiger partial charge on any atom is -0.469 e. The summed E-state index contributed by atoms with van der Waals surface area (Å²) in [5.74, 6) is -6.39. The summed E-state index contributed by atoms with van der Waals surface area (Å²) in [4.78, 5) is 49.4. The van der Waals surface area contributed by atoms with E-state index in [9.17, 15) is 19.2 Å². The fraction of sp³-hybridized carbons (Fsp3) is 0.667. The van der Waals surface area contributed by atoms with E-state index in [2.05, 4.69) is 0 Å². The Bertz CT molecular complexity index is 612. The van der Waals surface area contributed by atoms with Gasteiger partial charge in [-0.2, -0.15) is 0 Å². The van der Waals surface area contributed by atoms with E-state index in [-0.39, 0.29) is 11.8 Å². The molecule has 0 N–H and O–H groups in total. The highest BCUT2D eigenvalue weighted by molar-refractivity contribution is 5.88. The van der Waals surface area contributed by atoms with Crippen molar-refractivity contribution in [2.24, 2.45) is 47.3 Å². The number of hydrogen-bond donors (Lipinski definition) is 0. The molecule has 0 unspecified atom stereocenters. The highest BCUT2D eigenvalue weighted by atomic mass is 16.5. The Morgan fingerprint density at radius 3 is 1.08 bits per heavy atom. The molecule has 0 aromatic heterocycles. The van der Waals surface area contributed by atoms with Crippen molar-refractivity contribution in [3.05, 3.63) is 12.2 Å². The quantitative estimate of drug-likeness (QED) is 0.395. The van der Waals surface area contributed by atoms with Gasteiger partial charge in [-0.1, -0.05) is 12.2 Å². The summed E-state index contributed by atoms with van der Waals surface area (Å²) >= 11 is 0. The van der Waals surface area contributed by atoms with Crippen molar-refractivity contribution in [2.45, 2.75) is 0 Å². The number of hydrogen-bond acceptors (Lipinski definition) is 8. The molecule has 0 saturated heterocycles. The van der Waals surface area contributed by atoms with Crippen LogP contribution < -0.4 is 0 Å². The van der Waals surface area contributed by atoms with Gasteiger partial charge in [0.15, 0.2) is 0 Å². The molecule has 4 aliphatic rings. The smallest absolute Gasteiger partial charge is 0.310 e. The number of allylic oxidation sites excluding steroid dienone is 2. The zero-order valence-corrected chi connectivity index (χ0v) is 15.0. The molecule has 0 spiro atoms. The number of carbonyl (C=O) groups excluding carboxylic acids is 4. The first-order valence-corrected chi connectivity index (χ1v) is 8.42. The number of fused-ring (bicyclic) bond motifs is 1. The van der Waals surface area contributed by atoms with Crippen molar-refractivity contribution in [3.8, 4) is 0 Å². The molecule has 4 aliphatic carbocycles. The lowest BCUT2D eigenvalue weighted by atomic mass is 9.39. The number of rotatable bonds is 4. The SMILES string of the molecule is COC(=O)[C@@H]1[C@H]2C=C[C@@H]([C@@H]1C(=O)OC)[C@@H]1[C@H](C(=O)OC)[C@H](C(=O)OC)[C@H]21. The number of esters is 4. The molecule has 4 rings (SSSR count). The van der Waals surface area contributed by atoms with Gasteiger partial charge < -0.3 is 18.9 Å². The summed E-state index contributed by atoms with van der Waals surface area (Å²) in [6, 6.07) is 0. The summed E-state index contributed by atoms with van der Waals surface area (Å²) in [7, 11) is 5.04. The van der Waals surface area contributed by atoms with Gasteiger partial charge in [0.25, 0.3) is 0 Å². The highest BCUT2D eigenvalue weighted by Crippen LogP contribution is 2.65. The first kappa shape index (κ1) is 18.4. The molecule has 0 aromatic rings. The maximum absolute atomic E-state index is 12.4. The minimum absolute atomic E-state index is 0.286. The van der Waals surface area contributed by atoms with Crippen molar-refractivity contribution in [1.82, 2.24) is 0 Å². The number of carbonyl (C=O) groups is 4. The predicted octanol–water partition coefficient (Wildman–Crippen LogP) is 0.205. The molecule has 8 nitrogen and oxygen atoms in total. The average Bonchev–Trinajstić information content (AvgIpc) is 2.65. The van der Waals surface area contributed by atoms with Crippen LogP contribution in [0.4, 0.5) is 0 Å². The van der Waals surface area contributed by atoms with Crippen LogP contribution in [-0.4, -0.2) is 52.3 Å². The van der Waals surface area contributed by atoms with Crippen LogP contribution in [0.3, 0.4) is 0 Å². The van der Waals surface area contributed by atoms with Crippen molar-refractivity contribution in [3.63, 3.8) is 0 Å². The zero-order valence-electron chi connectivity index (χ0n) is 15.0. The van der Waals surface area contributed by atoms with Gasteiger partial charge >= 0.3 is 23.9 Å². The Labute approximate surface area is 150 Å². The molecule has 2 saturated carbocycles. The normalized spacial score (nSPS) is 39.2. The molecule has 0 amide bonds. The van der Waals surface area contributed by atoms with E-state index in [1.54, 1.807) is 0 Å². The van der Waals surface area contributed by atoms with E-state index >= 15 is 0 Å². The molecular weight excluding hydrogens is 344 g/mol. The van der Waals surface area contributed by atoms with Crippen LogP contribution in [0.5, 0.6) is 0 Å². The lowest BCUT2D eigenvalue weighted by Crippen LogP contribution is -2.67. The lowest BCUT2D eigenvalue weighted by molar-refractivity contribution is -0.209. The molecule has 0 aromatic carbocycles. The van der Waals surface area contributed by atoms with Gasteiger partial charge in [0, 0.05) is 0 Å². The van der Waals surface area contributed by atoms with Crippen LogP contribution in [-0.2, 0) is 38.1 Å². The molecule has 8 atom stereocenters. The Morgan fingerprint density at radius 2 is 0.808 bits per heavy atom. The standard InChI is InChI=1S/C18H22O8/c1-23-15(19)11-7-5-6-8(12(11)16(20)24-2)10-9(7)13(17(21)25-3)14(10)18(22)26-4/h5-14H,1-4H3/t7-,8+,9+,10-,11+,12-,13+,14-. The highest BCUT2D eigenvalue weighted by Gasteiger charge is 2.70. The number of methoxy groups -OCH3 is 4.